The van der Waals surface area contributed by atoms with Gasteiger partial charge < -0.3 is 15.4 Å². The standard InChI is InChI=1S/C14H20FN3O2/c1-3-16-13-12(15)11(4-6-17-13)14(19)18-10-5-7-20-9(2)8-10/h4,6,9-10H,3,5,7-8H2,1-2H3,(H,16,17)(H,18,19). The molecule has 1 aliphatic rings. The lowest BCUT2D eigenvalue weighted by Gasteiger charge is -2.28. The van der Waals surface area contributed by atoms with Crippen LogP contribution in [0.5, 0.6) is 0 Å². The molecule has 2 atom stereocenters. The van der Waals surface area contributed by atoms with Gasteiger partial charge in [0.1, 0.15) is 0 Å². The summed E-state index contributed by atoms with van der Waals surface area (Å²) in [5, 5.41) is 5.66. The van der Waals surface area contributed by atoms with Crippen molar-refractivity contribution in [2.24, 2.45) is 0 Å². The molecular formula is C14H20FN3O2. The van der Waals surface area contributed by atoms with Gasteiger partial charge in [0.2, 0.25) is 0 Å². The highest BCUT2D eigenvalue weighted by Gasteiger charge is 2.23. The minimum absolute atomic E-state index is 0.0232. The van der Waals surface area contributed by atoms with Crippen LogP contribution in [-0.2, 0) is 4.74 Å². The summed E-state index contributed by atoms with van der Waals surface area (Å²) >= 11 is 0. The molecule has 110 valence electrons. The first-order valence-corrected chi connectivity index (χ1v) is 6.92. The van der Waals surface area contributed by atoms with Gasteiger partial charge in [-0.05, 0) is 32.8 Å². The summed E-state index contributed by atoms with van der Waals surface area (Å²) in [6, 6.07) is 1.43. The third kappa shape index (κ3) is 3.45. The van der Waals surface area contributed by atoms with Crippen LogP contribution in [0.25, 0.3) is 0 Å². The van der Waals surface area contributed by atoms with Crippen molar-refractivity contribution < 1.29 is 13.9 Å². The van der Waals surface area contributed by atoms with E-state index in [2.05, 4.69) is 15.6 Å². The number of anilines is 1. The van der Waals surface area contributed by atoms with Gasteiger partial charge in [-0.25, -0.2) is 9.37 Å². The third-order valence-electron chi connectivity index (χ3n) is 3.30. The highest BCUT2D eigenvalue weighted by molar-refractivity contribution is 5.95. The number of amides is 1. The number of halogens is 1. The van der Waals surface area contributed by atoms with Gasteiger partial charge >= 0.3 is 0 Å². The average molecular weight is 281 g/mol. The Morgan fingerprint density at radius 3 is 3.10 bits per heavy atom. The van der Waals surface area contributed by atoms with Crippen molar-refractivity contribution in [3.63, 3.8) is 0 Å². The first-order valence-electron chi connectivity index (χ1n) is 6.92. The van der Waals surface area contributed by atoms with Crippen LogP contribution in [0.15, 0.2) is 12.3 Å². The molecule has 20 heavy (non-hydrogen) atoms. The van der Waals surface area contributed by atoms with E-state index in [9.17, 15) is 9.18 Å². The maximum atomic E-state index is 14.1. The van der Waals surface area contributed by atoms with Crippen LogP contribution in [0.4, 0.5) is 10.2 Å². The SMILES string of the molecule is CCNc1nccc(C(=O)NC2CCOC(C)C2)c1F. The summed E-state index contributed by atoms with van der Waals surface area (Å²) in [5.41, 5.74) is 0.0232. The highest BCUT2D eigenvalue weighted by Crippen LogP contribution is 2.17. The molecule has 1 aromatic rings. The third-order valence-corrected chi connectivity index (χ3v) is 3.30. The molecule has 0 spiro atoms. The summed E-state index contributed by atoms with van der Waals surface area (Å²) in [6.07, 6.45) is 3.05. The molecule has 1 aliphatic heterocycles. The van der Waals surface area contributed by atoms with Crippen molar-refractivity contribution in [2.75, 3.05) is 18.5 Å². The van der Waals surface area contributed by atoms with Gasteiger partial charge in [0.25, 0.3) is 5.91 Å². The summed E-state index contributed by atoms with van der Waals surface area (Å²) in [7, 11) is 0. The van der Waals surface area contributed by atoms with E-state index >= 15 is 0 Å². The number of rotatable bonds is 4. The Labute approximate surface area is 117 Å². The number of aromatic nitrogens is 1. The van der Waals surface area contributed by atoms with Crippen LogP contribution in [0.3, 0.4) is 0 Å². The van der Waals surface area contributed by atoms with Crippen molar-refractivity contribution >= 4 is 11.7 Å². The molecular weight excluding hydrogens is 261 g/mol. The monoisotopic (exact) mass is 281 g/mol. The lowest BCUT2D eigenvalue weighted by atomic mass is 10.0. The van der Waals surface area contributed by atoms with Crippen molar-refractivity contribution in [2.45, 2.75) is 38.8 Å². The molecule has 2 unspecified atom stereocenters. The number of hydrogen-bond donors (Lipinski definition) is 2. The van der Waals surface area contributed by atoms with E-state index in [0.717, 1.165) is 12.8 Å². The maximum absolute atomic E-state index is 14.1. The fourth-order valence-corrected chi connectivity index (χ4v) is 2.30. The molecule has 1 fully saturated rings. The minimum Gasteiger partial charge on any atom is -0.378 e. The Morgan fingerprint density at radius 2 is 2.40 bits per heavy atom. The molecule has 6 heteroatoms. The average Bonchev–Trinajstić information content (AvgIpc) is 2.41. The van der Waals surface area contributed by atoms with Crippen LogP contribution in [0, 0.1) is 5.82 Å². The van der Waals surface area contributed by atoms with E-state index in [1.807, 2.05) is 13.8 Å². The molecule has 0 aromatic carbocycles. The van der Waals surface area contributed by atoms with E-state index in [1.54, 1.807) is 0 Å². The number of pyridine rings is 1. The van der Waals surface area contributed by atoms with Crippen molar-refractivity contribution in [1.82, 2.24) is 10.3 Å². The van der Waals surface area contributed by atoms with E-state index in [-0.39, 0.29) is 23.5 Å². The molecule has 0 bridgehead atoms. The predicted octanol–water partition coefficient (Wildman–Crippen LogP) is 1.95. The van der Waals surface area contributed by atoms with Crippen LogP contribution in [0.1, 0.15) is 37.0 Å². The second-order valence-electron chi connectivity index (χ2n) is 4.93. The Hall–Kier alpha value is -1.69. The van der Waals surface area contributed by atoms with Gasteiger partial charge in [0, 0.05) is 25.4 Å². The van der Waals surface area contributed by atoms with E-state index in [4.69, 9.17) is 4.74 Å². The Kier molecular flexibility index (Phi) is 4.89. The number of nitrogens with zero attached hydrogens (tertiary/aromatic N) is 1. The number of ether oxygens (including phenoxy) is 1. The number of carbonyl (C=O) groups excluding carboxylic acids is 1. The van der Waals surface area contributed by atoms with Crippen LogP contribution in [-0.4, -0.2) is 36.2 Å². The molecule has 1 amide bonds. The zero-order valence-electron chi connectivity index (χ0n) is 11.8. The maximum Gasteiger partial charge on any atom is 0.254 e. The van der Waals surface area contributed by atoms with Crippen molar-refractivity contribution in [3.8, 4) is 0 Å². The number of carbonyl (C=O) groups is 1. The second-order valence-corrected chi connectivity index (χ2v) is 4.93. The summed E-state index contributed by atoms with van der Waals surface area (Å²) in [6.45, 7) is 4.98. The van der Waals surface area contributed by atoms with Gasteiger partial charge in [0.05, 0.1) is 11.7 Å². The topological polar surface area (TPSA) is 63.2 Å². The van der Waals surface area contributed by atoms with Gasteiger partial charge in [-0.15, -0.1) is 0 Å². The highest BCUT2D eigenvalue weighted by atomic mass is 19.1. The van der Waals surface area contributed by atoms with E-state index < -0.39 is 11.7 Å². The summed E-state index contributed by atoms with van der Waals surface area (Å²) in [5.74, 6) is -0.893. The Balaban J connectivity index is 2.07. The van der Waals surface area contributed by atoms with E-state index in [0.29, 0.717) is 13.2 Å². The smallest absolute Gasteiger partial charge is 0.254 e. The molecule has 1 aromatic heterocycles. The summed E-state index contributed by atoms with van der Waals surface area (Å²) < 4.78 is 19.6. The molecule has 0 radical (unpaired) electrons. The number of hydrogen-bond acceptors (Lipinski definition) is 4. The fraction of sp³-hybridized carbons (Fsp3) is 0.571. The van der Waals surface area contributed by atoms with Crippen LogP contribution in [0.2, 0.25) is 0 Å². The molecule has 0 aliphatic carbocycles. The van der Waals surface area contributed by atoms with Gasteiger partial charge in [-0.3, -0.25) is 4.79 Å². The molecule has 2 N–H and O–H groups in total. The van der Waals surface area contributed by atoms with Gasteiger partial charge in [0.15, 0.2) is 11.6 Å². The minimum atomic E-state index is -0.605. The lowest BCUT2D eigenvalue weighted by Crippen LogP contribution is -2.41. The van der Waals surface area contributed by atoms with Crippen LogP contribution < -0.4 is 10.6 Å². The second kappa shape index (κ2) is 6.65. The Morgan fingerprint density at radius 1 is 1.60 bits per heavy atom. The number of nitrogens with one attached hydrogen (secondary N) is 2. The first kappa shape index (κ1) is 14.7. The van der Waals surface area contributed by atoms with E-state index in [1.165, 1.54) is 12.3 Å². The van der Waals surface area contributed by atoms with Gasteiger partial charge in [-0.2, -0.15) is 0 Å². The molecule has 1 saturated heterocycles. The largest absolute Gasteiger partial charge is 0.378 e. The molecule has 5 nitrogen and oxygen atoms in total. The zero-order valence-corrected chi connectivity index (χ0v) is 11.8. The van der Waals surface area contributed by atoms with Crippen molar-refractivity contribution in [1.29, 1.82) is 0 Å². The quantitative estimate of drug-likeness (QED) is 0.885. The molecule has 2 rings (SSSR count). The Bertz CT molecular complexity index is 481. The molecule has 2 heterocycles. The fourth-order valence-electron chi connectivity index (χ4n) is 2.30. The lowest BCUT2D eigenvalue weighted by molar-refractivity contribution is 0.0136. The van der Waals surface area contributed by atoms with Crippen molar-refractivity contribution in [3.05, 3.63) is 23.6 Å². The predicted molar refractivity (Wildman–Crippen MR) is 74.3 cm³/mol. The van der Waals surface area contributed by atoms with Gasteiger partial charge in [-0.1, -0.05) is 0 Å². The summed E-state index contributed by atoms with van der Waals surface area (Å²) in [4.78, 5) is 16.0. The zero-order chi connectivity index (χ0) is 14.5. The first-order chi connectivity index (χ1) is 9.61. The normalized spacial score (nSPS) is 22.4. The molecule has 0 saturated carbocycles. The van der Waals surface area contributed by atoms with Crippen LogP contribution >= 0.6 is 0 Å².